The number of benzene rings is 1. The van der Waals surface area contributed by atoms with Crippen LogP contribution in [0.25, 0.3) is 0 Å². The molecule has 2 N–H and O–H groups in total. The minimum atomic E-state index is -3.80. The monoisotopic (exact) mass is 482 g/mol. The van der Waals surface area contributed by atoms with E-state index in [0.717, 1.165) is 23.1 Å². The zero-order valence-corrected chi connectivity index (χ0v) is 19.1. The van der Waals surface area contributed by atoms with Gasteiger partial charge >= 0.3 is 6.61 Å². The molecule has 2 heterocycles. The number of alkyl halides is 2. The van der Waals surface area contributed by atoms with Crippen molar-refractivity contribution in [3.05, 3.63) is 59.2 Å². The lowest BCUT2D eigenvalue weighted by Crippen LogP contribution is -2.44. The van der Waals surface area contributed by atoms with Gasteiger partial charge in [0.05, 0.1) is 11.5 Å². The number of aliphatic hydroxyl groups is 2. The lowest BCUT2D eigenvalue weighted by atomic mass is 9.83. The van der Waals surface area contributed by atoms with Crippen LogP contribution in [0.3, 0.4) is 0 Å². The van der Waals surface area contributed by atoms with Gasteiger partial charge in [0.2, 0.25) is 10.0 Å². The topological polar surface area (TPSA) is 90.3 Å². The van der Waals surface area contributed by atoms with E-state index < -0.39 is 28.8 Å². The Bertz CT molecular complexity index is 1050. The Morgan fingerprint density at radius 1 is 1.12 bits per heavy atom. The third kappa shape index (κ3) is 4.90. The van der Waals surface area contributed by atoms with Gasteiger partial charge in [-0.05, 0) is 47.8 Å². The summed E-state index contributed by atoms with van der Waals surface area (Å²) in [5.74, 6) is -0.270. The number of rotatable bonds is 8. The van der Waals surface area contributed by atoms with E-state index in [1.165, 1.54) is 28.6 Å². The van der Waals surface area contributed by atoms with Crippen LogP contribution in [-0.2, 0) is 10.0 Å². The van der Waals surface area contributed by atoms with Gasteiger partial charge in [-0.2, -0.15) is 13.1 Å². The maximum atomic E-state index is 13.0. The molecule has 1 aromatic carbocycles. The molecule has 3 unspecified atom stereocenters. The van der Waals surface area contributed by atoms with Gasteiger partial charge < -0.3 is 14.9 Å². The third-order valence-electron chi connectivity index (χ3n) is 6.55. The Morgan fingerprint density at radius 3 is 2.30 bits per heavy atom. The smallest absolute Gasteiger partial charge is 0.387 e. The summed E-state index contributed by atoms with van der Waals surface area (Å²) in [6, 6.07) is 4.93. The zero-order valence-electron chi connectivity index (χ0n) is 18.3. The molecule has 0 saturated carbocycles. The number of sulfonamides is 1. The maximum Gasteiger partial charge on any atom is 0.387 e. The van der Waals surface area contributed by atoms with Gasteiger partial charge in [-0.15, -0.1) is 0 Å². The fourth-order valence-corrected chi connectivity index (χ4v) is 6.18. The predicted octanol–water partition coefficient (Wildman–Crippen LogP) is 2.35. The zero-order chi connectivity index (χ0) is 23.8. The van der Waals surface area contributed by atoms with Crippen LogP contribution < -0.4 is 4.74 Å². The molecule has 3 atom stereocenters. The molecule has 1 aromatic rings. The molecule has 0 radical (unpaired) electrons. The van der Waals surface area contributed by atoms with Gasteiger partial charge in [0.1, 0.15) is 12.0 Å². The third-order valence-corrected chi connectivity index (χ3v) is 8.36. The second-order valence-electron chi connectivity index (χ2n) is 8.67. The molecule has 0 spiro atoms. The highest BCUT2D eigenvalue weighted by Crippen LogP contribution is 2.35. The first-order valence-electron chi connectivity index (χ1n) is 10.8. The average Bonchev–Trinajstić information content (AvgIpc) is 3.35. The summed E-state index contributed by atoms with van der Waals surface area (Å²) in [5, 5.41) is 21.0. The van der Waals surface area contributed by atoms with E-state index >= 15 is 0 Å². The number of aliphatic hydroxyl groups excluding tert-OH is 2. The molecule has 10 heteroatoms. The second kappa shape index (κ2) is 9.63. The summed E-state index contributed by atoms with van der Waals surface area (Å²) < 4.78 is 56.3. The van der Waals surface area contributed by atoms with Crippen molar-refractivity contribution >= 4 is 10.0 Å². The van der Waals surface area contributed by atoms with Crippen LogP contribution in [0.2, 0.25) is 0 Å². The number of halogens is 2. The fraction of sp³-hybridized carbons (Fsp3) is 0.478. The van der Waals surface area contributed by atoms with Crippen LogP contribution in [0, 0.1) is 11.8 Å². The van der Waals surface area contributed by atoms with E-state index in [1.54, 1.807) is 0 Å². The summed E-state index contributed by atoms with van der Waals surface area (Å²) in [5.41, 5.74) is 2.90. The average molecular weight is 483 g/mol. The Morgan fingerprint density at radius 2 is 1.76 bits per heavy atom. The van der Waals surface area contributed by atoms with Crippen molar-refractivity contribution in [3.63, 3.8) is 0 Å². The van der Waals surface area contributed by atoms with Crippen molar-refractivity contribution in [2.45, 2.75) is 31.1 Å². The van der Waals surface area contributed by atoms with E-state index in [1.807, 2.05) is 17.1 Å². The van der Waals surface area contributed by atoms with Gasteiger partial charge in [-0.25, -0.2) is 8.42 Å². The van der Waals surface area contributed by atoms with E-state index in [0.29, 0.717) is 13.1 Å². The fourth-order valence-electron chi connectivity index (χ4n) is 4.75. The van der Waals surface area contributed by atoms with Crippen LogP contribution in [0.4, 0.5) is 8.78 Å². The summed E-state index contributed by atoms with van der Waals surface area (Å²) in [7, 11) is -3.80. The molecule has 0 aromatic heterocycles. The van der Waals surface area contributed by atoms with E-state index in [4.69, 9.17) is 0 Å². The Balaban J connectivity index is 1.40. The molecular weight excluding hydrogens is 454 g/mol. The van der Waals surface area contributed by atoms with Crippen molar-refractivity contribution in [3.8, 4) is 5.75 Å². The van der Waals surface area contributed by atoms with Crippen molar-refractivity contribution < 1.29 is 32.1 Å². The highest BCUT2D eigenvalue weighted by molar-refractivity contribution is 7.89. The normalized spacial score (nSPS) is 23.7. The lowest BCUT2D eigenvalue weighted by molar-refractivity contribution is -0.0498. The number of allylic oxidation sites excluding steroid dienone is 3. The van der Waals surface area contributed by atoms with Gasteiger partial charge in [-0.1, -0.05) is 30.7 Å². The first kappa shape index (κ1) is 24.0. The van der Waals surface area contributed by atoms with Crippen LogP contribution in [0.5, 0.6) is 5.75 Å². The maximum absolute atomic E-state index is 13.0. The van der Waals surface area contributed by atoms with Crippen LogP contribution in [0.1, 0.15) is 13.3 Å². The highest BCUT2D eigenvalue weighted by Gasteiger charge is 2.40. The Labute approximate surface area is 192 Å². The molecule has 180 valence electrons. The van der Waals surface area contributed by atoms with Crippen LogP contribution >= 0.6 is 0 Å². The largest absolute Gasteiger partial charge is 0.435 e. The van der Waals surface area contributed by atoms with Crippen LogP contribution in [0.15, 0.2) is 64.1 Å². The summed E-state index contributed by atoms with van der Waals surface area (Å²) in [4.78, 5) is 1.88. The molecule has 1 aliphatic carbocycles. The van der Waals surface area contributed by atoms with E-state index in [-0.39, 0.29) is 36.3 Å². The number of hydrogen-bond donors (Lipinski definition) is 2. The Kier molecular flexibility index (Phi) is 7.01. The summed E-state index contributed by atoms with van der Waals surface area (Å²) in [6.45, 7) is 0.204. The molecule has 2 aliphatic heterocycles. The number of hydrogen-bond acceptors (Lipinski definition) is 6. The molecule has 7 nitrogen and oxygen atoms in total. The van der Waals surface area contributed by atoms with Gasteiger partial charge in [0.15, 0.2) is 0 Å². The number of nitrogens with zero attached hydrogens (tertiary/aromatic N) is 2. The molecule has 0 amide bonds. The Hall–Kier alpha value is -2.11. The quantitative estimate of drug-likeness (QED) is 0.553. The van der Waals surface area contributed by atoms with Crippen molar-refractivity contribution in [2.24, 2.45) is 11.8 Å². The van der Waals surface area contributed by atoms with Crippen LogP contribution in [-0.4, -0.2) is 73.5 Å². The second-order valence-corrected chi connectivity index (χ2v) is 10.6. The number of ether oxygens (including phenoxy) is 1. The molecular formula is C23H28F2N2O5S. The van der Waals surface area contributed by atoms with Gasteiger partial charge in [0, 0.05) is 32.1 Å². The summed E-state index contributed by atoms with van der Waals surface area (Å²) >= 11 is 0. The van der Waals surface area contributed by atoms with Crippen molar-refractivity contribution in [1.82, 2.24) is 9.21 Å². The molecule has 3 aliphatic rings. The minimum Gasteiger partial charge on any atom is -0.435 e. The molecule has 33 heavy (non-hydrogen) atoms. The molecule has 0 bridgehead atoms. The highest BCUT2D eigenvalue weighted by atomic mass is 32.2. The SMILES string of the molecule is CC1CC=CC=C1C(CO)C(O)N1CC2=C(C1)CN(S(=O)(=O)c1ccc(OC(F)F)cc1)C2. The lowest BCUT2D eigenvalue weighted by Gasteiger charge is -2.34. The van der Waals surface area contributed by atoms with E-state index in [2.05, 4.69) is 17.7 Å². The van der Waals surface area contributed by atoms with E-state index in [9.17, 15) is 27.4 Å². The minimum absolute atomic E-state index is 0.00815. The molecule has 0 saturated heterocycles. The van der Waals surface area contributed by atoms with Gasteiger partial charge in [0.25, 0.3) is 0 Å². The molecule has 4 rings (SSSR count). The first-order valence-corrected chi connectivity index (χ1v) is 12.3. The predicted molar refractivity (Wildman–Crippen MR) is 118 cm³/mol. The molecule has 0 fully saturated rings. The van der Waals surface area contributed by atoms with Gasteiger partial charge in [-0.3, -0.25) is 4.90 Å². The standard InChI is InChI=1S/C23H28F2N2O5S/c1-15-4-2-3-5-20(15)21(14-28)22(29)26-10-16-12-27(13-17(16)11-26)33(30,31)19-8-6-18(7-9-19)32-23(24)25/h2-3,5-9,15,21-23,28-29H,4,10-14H2,1H3. The first-order chi connectivity index (χ1) is 15.7. The van der Waals surface area contributed by atoms with Crippen molar-refractivity contribution in [1.29, 1.82) is 0 Å². The summed E-state index contributed by atoms with van der Waals surface area (Å²) in [6.07, 6.45) is 5.97. The van der Waals surface area contributed by atoms with Crippen molar-refractivity contribution in [2.75, 3.05) is 32.8 Å².